The summed E-state index contributed by atoms with van der Waals surface area (Å²) in [5.41, 5.74) is 0. The largest absolute Gasteiger partial charge is 0.490 e. The van der Waals surface area contributed by atoms with Gasteiger partial charge in [0.1, 0.15) is 0 Å². The van der Waals surface area contributed by atoms with E-state index in [1.807, 2.05) is 0 Å². The number of carboxylic acids is 1. The van der Waals surface area contributed by atoms with Crippen LogP contribution in [0.15, 0.2) is 0 Å². The molecule has 0 aromatic carbocycles. The van der Waals surface area contributed by atoms with E-state index in [9.17, 15) is 13.2 Å². The number of nitrogens with one attached hydrogen (secondary N) is 1. The van der Waals surface area contributed by atoms with Crippen LogP contribution in [0.4, 0.5) is 13.2 Å². The van der Waals surface area contributed by atoms with E-state index in [1.54, 1.807) is 0 Å². The van der Waals surface area contributed by atoms with Crippen molar-refractivity contribution in [2.24, 2.45) is 0 Å². The Kier molecular flexibility index (Phi) is 10.9. The molecule has 0 spiro atoms. The SMILES string of the molecule is C1CCC1.C1CNC1.Cl.O=C(O)C(F)(F)F. The molecule has 0 atom stereocenters. The lowest BCUT2D eigenvalue weighted by atomic mass is 10.0. The van der Waals surface area contributed by atoms with Gasteiger partial charge in [0.05, 0.1) is 0 Å². The summed E-state index contributed by atoms with van der Waals surface area (Å²) in [6.07, 6.45) is 2.31. The third-order valence-electron chi connectivity index (χ3n) is 1.95. The quantitative estimate of drug-likeness (QED) is 0.706. The third kappa shape index (κ3) is 11.6. The van der Waals surface area contributed by atoms with Crippen LogP contribution in [0, 0.1) is 0 Å². The van der Waals surface area contributed by atoms with Gasteiger partial charge in [0.2, 0.25) is 0 Å². The molecule has 2 fully saturated rings. The van der Waals surface area contributed by atoms with Gasteiger partial charge in [-0.1, -0.05) is 25.7 Å². The lowest BCUT2D eigenvalue weighted by Crippen LogP contribution is -2.29. The van der Waals surface area contributed by atoms with E-state index in [4.69, 9.17) is 9.90 Å². The van der Waals surface area contributed by atoms with Crippen molar-refractivity contribution in [2.75, 3.05) is 13.1 Å². The predicted octanol–water partition coefficient (Wildman–Crippen LogP) is 2.60. The summed E-state index contributed by atoms with van der Waals surface area (Å²) in [6, 6.07) is 0. The number of hydrogen-bond donors (Lipinski definition) is 2. The topological polar surface area (TPSA) is 49.3 Å². The number of carboxylic acid groups (broad SMARTS) is 1. The highest BCUT2D eigenvalue weighted by atomic mass is 35.5. The zero-order chi connectivity index (χ0) is 11.7. The average molecular weight is 264 g/mol. The summed E-state index contributed by atoms with van der Waals surface area (Å²) >= 11 is 0. The van der Waals surface area contributed by atoms with E-state index in [2.05, 4.69) is 5.32 Å². The molecule has 98 valence electrons. The normalized spacial score (nSPS) is 16.9. The minimum atomic E-state index is -5.08. The van der Waals surface area contributed by atoms with Crippen LogP contribution in [-0.2, 0) is 4.79 Å². The minimum Gasteiger partial charge on any atom is -0.475 e. The number of hydrogen-bond acceptors (Lipinski definition) is 2. The summed E-state index contributed by atoms with van der Waals surface area (Å²) in [5, 5.41) is 10.2. The van der Waals surface area contributed by atoms with Gasteiger partial charge in [-0.05, 0) is 19.5 Å². The van der Waals surface area contributed by atoms with Crippen molar-refractivity contribution in [1.29, 1.82) is 0 Å². The summed E-state index contributed by atoms with van der Waals surface area (Å²) < 4.78 is 31.7. The van der Waals surface area contributed by atoms with E-state index in [0.717, 1.165) is 0 Å². The summed E-state index contributed by atoms with van der Waals surface area (Å²) in [7, 11) is 0. The Balaban J connectivity index is 0. The van der Waals surface area contributed by atoms with Gasteiger partial charge in [-0.2, -0.15) is 13.2 Å². The maximum Gasteiger partial charge on any atom is 0.490 e. The number of rotatable bonds is 0. The molecule has 2 aliphatic rings. The average Bonchev–Trinajstić information content (AvgIpc) is 1.74. The van der Waals surface area contributed by atoms with Crippen LogP contribution < -0.4 is 5.32 Å². The lowest BCUT2D eigenvalue weighted by molar-refractivity contribution is -0.192. The molecule has 2 rings (SSSR count). The highest BCUT2D eigenvalue weighted by Crippen LogP contribution is 2.15. The van der Waals surface area contributed by atoms with Gasteiger partial charge in [0.15, 0.2) is 0 Å². The van der Waals surface area contributed by atoms with Crippen molar-refractivity contribution >= 4 is 18.4 Å². The summed E-state index contributed by atoms with van der Waals surface area (Å²) in [5.74, 6) is -2.76. The van der Waals surface area contributed by atoms with Crippen molar-refractivity contribution in [3.8, 4) is 0 Å². The molecule has 0 amide bonds. The molecule has 16 heavy (non-hydrogen) atoms. The molecule has 1 saturated carbocycles. The molecule has 0 radical (unpaired) electrons. The van der Waals surface area contributed by atoms with Gasteiger partial charge >= 0.3 is 12.1 Å². The minimum absolute atomic E-state index is 0. The molecule has 0 aromatic heterocycles. The van der Waals surface area contributed by atoms with E-state index < -0.39 is 12.1 Å². The summed E-state index contributed by atoms with van der Waals surface area (Å²) in [4.78, 5) is 8.90. The van der Waals surface area contributed by atoms with Crippen LogP contribution in [-0.4, -0.2) is 30.3 Å². The molecule has 0 unspecified atom stereocenters. The molecular formula is C9H17ClF3NO2. The van der Waals surface area contributed by atoms with Gasteiger partial charge in [-0.3, -0.25) is 0 Å². The molecule has 1 heterocycles. The first-order chi connectivity index (χ1) is 6.94. The molecule has 1 aliphatic carbocycles. The number of halogens is 4. The first kappa shape index (κ1) is 17.9. The second-order valence-electron chi connectivity index (χ2n) is 3.32. The van der Waals surface area contributed by atoms with Crippen LogP contribution in [0.1, 0.15) is 32.1 Å². The van der Waals surface area contributed by atoms with Crippen LogP contribution in [0.5, 0.6) is 0 Å². The van der Waals surface area contributed by atoms with E-state index >= 15 is 0 Å². The molecule has 1 aliphatic heterocycles. The predicted molar refractivity (Wildman–Crippen MR) is 56.9 cm³/mol. The lowest BCUT2D eigenvalue weighted by Gasteiger charge is -2.09. The standard InChI is InChI=1S/C4H8.C3H7N.C2HF3O2.ClH/c2*1-2-4-3-1;3-2(4,5)1(6)7;/h1-4H2;4H,1-3H2;(H,6,7);1H. The second kappa shape index (κ2) is 9.72. The van der Waals surface area contributed by atoms with Crippen LogP contribution in [0.25, 0.3) is 0 Å². The smallest absolute Gasteiger partial charge is 0.475 e. The Morgan fingerprint density at radius 1 is 1.00 bits per heavy atom. The zero-order valence-electron chi connectivity index (χ0n) is 8.85. The molecular weight excluding hydrogens is 247 g/mol. The van der Waals surface area contributed by atoms with Crippen molar-refractivity contribution in [3.05, 3.63) is 0 Å². The molecule has 0 bridgehead atoms. The van der Waals surface area contributed by atoms with Crippen LogP contribution in [0.2, 0.25) is 0 Å². The molecule has 2 N–H and O–H groups in total. The van der Waals surface area contributed by atoms with Crippen molar-refractivity contribution < 1.29 is 23.1 Å². The van der Waals surface area contributed by atoms with Gasteiger partial charge in [0.25, 0.3) is 0 Å². The Hall–Kier alpha value is -0.490. The fraction of sp³-hybridized carbons (Fsp3) is 0.889. The Bertz CT molecular complexity index is 164. The zero-order valence-corrected chi connectivity index (χ0v) is 9.66. The highest BCUT2D eigenvalue weighted by molar-refractivity contribution is 5.85. The van der Waals surface area contributed by atoms with Crippen molar-refractivity contribution in [1.82, 2.24) is 5.32 Å². The van der Waals surface area contributed by atoms with E-state index in [0.29, 0.717) is 0 Å². The Morgan fingerprint density at radius 2 is 1.19 bits per heavy atom. The number of aliphatic carboxylic acids is 1. The molecule has 1 saturated heterocycles. The van der Waals surface area contributed by atoms with E-state index in [1.165, 1.54) is 45.2 Å². The fourth-order valence-corrected chi connectivity index (χ4v) is 0.427. The highest BCUT2D eigenvalue weighted by Gasteiger charge is 2.38. The molecule has 3 nitrogen and oxygen atoms in total. The van der Waals surface area contributed by atoms with E-state index in [-0.39, 0.29) is 12.4 Å². The first-order valence-corrected chi connectivity index (χ1v) is 4.95. The fourth-order valence-electron chi connectivity index (χ4n) is 0.427. The third-order valence-corrected chi connectivity index (χ3v) is 1.95. The monoisotopic (exact) mass is 263 g/mol. The van der Waals surface area contributed by atoms with Gasteiger partial charge in [0, 0.05) is 0 Å². The molecule has 7 heteroatoms. The first-order valence-electron chi connectivity index (χ1n) is 4.95. The van der Waals surface area contributed by atoms with Crippen molar-refractivity contribution in [3.63, 3.8) is 0 Å². The molecule has 0 aromatic rings. The second-order valence-corrected chi connectivity index (χ2v) is 3.32. The van der Waals surface area contributed by atoms with Gasteiger partial charge < -0.3 is 10.4 Å². The number of carbonyl (C=O) groups is 1. The summed E-state index contributed by atoms with van der Waals surface area (Å²) in [6.45, 7) is 2.50. The van der Waals surface area contributed by atoms with Crippen LogP contribution in [0.3, 0.4) is 0 Å². The van der Waals surface area contributed by atoms with Gasteiger partial charge in [-0.15, -0.1) is 12.4 Å². The maximum absolute atomic E-state index is 10.6. The maximum atomic E-state index is 10.6. The Morgan fingerprint density at radius 3 is 1.19 bits per heavy atom. The number of alkyl halides is 3. The van der Waals surface area contributed by atoms with Crippen LogP contribution >= 0.6 is 12.4 Å². The van der Waals surface area contributed by atoms with Gasteiger partial charge in [-0.25, -0.2) is 4.79 Å². The Labute approximate surface area is 98.8 Å². The van der Waals surface area contributed by atoms with Crippen molar-refractivity contribution in [2.45, 2.75) is 38.3 Å².